The molecule has 6 nitrogen and oxygen atoms in total. The second-order valence-electron chi connectivity index (χ2n) is 5.12. The fourth-order valence-electron chi connectivity index (χ4n) is 2.17. The number of para-hydroxylation sites is 1. The van der Waals surface area contributed by atoms with E-state index in [0.717, 1.165) is 5.69 Å². The Morgan fingerprint density at radius 2 is 2.08 bits per heavy atom. The van der Waals surface area contributed by atoms with Gasteiger partial charge in [0.25, 0.3) is 0 Å². The first kappa shape index (κ1) is 17.2. The van der Waals surface area contributed by atoms with Crippen molar-refractivity contribution in [3.8, 4) is 0 Å². The van der Waals surface area contributed by atoms with E-state index in [1.165, 1.54) is 35.4 Å². The van der Waals surface area contributed by atoms with Gasteiger partial charge in [0.05, 0.1) is 16.4 Å². The van der Waals surface area contributed by atoms with Crippen LogP contribution in [0, 0.1) is 0 Å². The van der Waals surface area contributed by atoms with Crippen LogP contribution in [0.5, 0.6) is 0 Å². The van der Waals surface area contributed by atoms with E-state index in [0.29, 0.717) is 15.8 Å². The van der Waals surface area contributed by atoms with Crippen LogP contribution in [0.25, 0.3) is 0 Å². The number of amides is 1. The molecule has 1 aromatic carbocycles. The molecule has 0 unspecified atom stereocenters. The van der Waals surface area contributed by atoms with Gasteiger partial charge in [-0.2, -0.15) is 0 Å². The molecule has 128 valence electrons. The molecule has 0 atom stereocenters. The van der Waals surface area contributed by atoms with Gasteiger partial charge in [-0.1, -0.05) is 29.8 Å². The van der Waals surface area contributed by atoms with Crippen molar-refractivity contribution in [2.75, 3.05) is 4.90 Å². The monoisotopic (exact) mass is 375 g/mol. The third-order valence-corrected chi connectivity index (χ3v) is 4.37. The zero-order valence-electron chi connectivity index (χ0n) is 13.2. The number of thiazole rings is 1. The van der Waals surface area contributed by atoms with E-state index in [1.807, 2.05) is 30.3 Å². The number of esters is 1. The zero-order chi connectivity index (χ0) is 17.8. The van der Waals surface area contributed by atoms with Crippen molar-refractivity contribution >= 4 is 45.6 Å². The predicted molar refractivity (Wildman–Crippen MR) is 96.3 cm³/mol. The van der Waals surface area contributed by atoms with Gasteiger partial charge in [-0.05, 0) is 18.2 Å². The Bertz CT molecular complexity index is 891. The Hall–Kier alpha value is -2.64. The third-order valence-electron chi connectivity index (χ3n) is 3.28. The molecule has 0 spiro atoms. The Balaban J connectivity index is 1.71. The molecule has 0 saturated carbocycles. The van der Waals surface area contributed by atoms with Crippen LogP contribution in [0.4, 0.5) is 10.8 Å². The predicted octanol–water partition coefficient (Wildman–Crippen LogP) is 4.17. The second-order valence-corrected chi connectivity index (χ2v) is 6.39. The highest BCUT2D eigenvalue weighted by Gasteiger charge is 2.18. The number of benzene rings is 1. The first-order chi connectivity index (χ1) is 12.0. The fraction of sp³-hybridized carbons (Fsp3) is 0.118. The maximum Gasteiger partial charge on any atom is 0.355 e. The van der Waals surface area contributed by atoms with Crippen molar-refractivity contribution in [3.63, 3.8) is 0 Å². The minimum atomic E-state index is -0.520. The molecular formula is C17H14ClN3O3S. The summed E-state index contributed by atoms with van der Waals surface area (Å²) in [6, 6.07) is 10.7. The summed E-state index contributed by atoms with van der Waals surface area (Å²) >= 11 is 7.07. The van der Waals surface area contributed by atoms with Gasteiger partial charge in [-0.3, -0.25) is 9.69 Å². The standard InChI is InChI=1S/C17H14ClN3O3S/c1-11(22)21(14-5-3-2-4-6-14)17-20-13(10-25-17)9-24-16(23)15-7-12(18)8-19-15/h2-8,10,19H,9H2,1H3. The molecule has 8 heteroatoms. The highest BCUT2D eigenvalue weighted by Crippen LogP contribution is 2.28. The lowest BCUT2D eigenvalue weighted by Crippen LogP contribution is -2.22. The summed E-state index contributed by atoms with van der Waals surface area (Å²) in [6.45, 7) is 1.48. The smallest absolute Gasteiger partial charge is 0.355 e. The van der Waals surface area contributed by atoms with Gasteiger partial charge in [0.2, 0.25) is 5.91 Å². The number of nitrogens with one attached hydrogen (secondary N) is 1. The number of anilines is 2. The number of H-pyrrole nitrogens is 1. The van der Waals surface area contributed by atoms with Crippen LogP contribution in [0.15, 0.2) is 48.0 Å². The lowest BCUT2D eigenvalue weighted by Gasteiger charge is -2.17. The lowest BCUT2D eigenvalue weighted by atomic mass is 10.3. The topological polar surface area (TPSA) is 75.3 Å². The SMILES string of the molecule is CC(=O)N(c1ccccc1)c1nc(COC(=O)c2cc(Cl)c[nH]2)cs1. The number of hydrogen-bond donors (Lipinski definition) is 1. The largest absolute Gasteiger partial charge is 0.454 e. The van der Waals surface area contributed by atoms with Gasteiger partial charge in [0, 0.05) is 18.5 Å². The number of hydrogen-bond acceptors (Lipinski definition) is 5. The molecule has 2 aromatic heterocycles. The van der Waals surface area contributed by atoms with E-state index in [4.69, 9.17) is 16.3 Å². The summed E-state index contributed by atoms with van der Waals surface area (Å²) in [6.07, 6.45) is 1.50. The number of aromatic nitrogens is 2. The van der Waals surface area contributed by atoms with Crippen LogP contribution < -0.4 is 4.90 Å². The van der Waals surface area contributed by atoms with Crippen molar-refractivity contribution in [1.82, 2.24) is 9.97 Å². The molecule has 3 aromatic rings. The van der Waals surface area contributed by atoms with Gasteiger partial charge < -0.3 is 9.72 Å². The summed E-state index contributed by atoms with van der Waals surface area (Å²) in [4.78, 5) is 32.5. The molecule has 0 aliphatic carbocycles. The highest BCUT2D eigenvalue weighted by atomic mass is 35.5. The highest BCUT2D eigenvalue weighted by molar-refractivity contribution is 7.14. The number of carbonyl (C=O) groups excluding carboxylic acids is 2. The van der Waals surface area contributed by atoms with E-state index in [9.17, 15) is 9.59 Å². The summed E-state index contributed by atoms with van der Waals surface area (Å²) in [5, 5.41) is 2.71. The number of carbonyl (C=O) groups is 2. The molecule has 0 radical (unpaired) electrons. The number of aromatic amines is 1. The van der Waals surface area contributed by atoms with Crippen LogP contribution in [-0.2, 0) is 16.1 Å². The molecule has 0 saturated heterocycles. The molecule has 0 aliphatic heterocycles. The normalized spacial score (nSPS) is 10.5. The number of halogens is 1. The van der Waals surface area contributed by atoms with Gasteiger partial charge in [-0.25, -0.2) is 9.78 Å². The van der Waals surface area contributed by atoms with Gasteiger partial charge >= 0.3 is 5.97 Å². The second kappa shape index (κ2) is 7.50. The molecule has 0 fully saturated rings. The maximum absolute atomic E-state index is 12.0. The summed E-state index contributed by atoms with van der Waals surface area (Å²) in [5.74, 6) is -0.668. The molecule has 1 N–H and O–H groups in total. The number of rotatable bonds is 5. The minimum Gasteiger partial charge on any atom is -0.454 e. The van der Waals surface area contributed by atoms with Crippen molar-refractivity contribution in [2.45, 2.75) is 13.5 Å². The van der Waals surface area contributed by atoms with Gasteiger partial charge in [-0.15, -0.1) is 11.3 Å². The molecule has 0 bridgehead atoms. The zero-order valence-corrected chi connectivity index (χ0v) is 14.8. The summed E-state index contributed by atoms with van der Waals surface area (Å²) in [7, 11) is 0. The quantitative estimate of drug-likeness (QED) is 0.679. The molecule has 3 rings (SSSR count). The van der Waals surface area contributed by atoms with Crippen molar-refractivity contribution in [2.24, 2.45) is 0 Å². The molecule has 1 amide bonds. The molecule has 25 heavy (non-hydrogen) atoms. The Morgan fingerprint density at radius 3 is 2.72 bits per heavy atom. The van der Waals surface area contributed by atoms with E-state index < -0.39 is 5.97 Å². The van der Waals surface area contributed by atoms with Crippen LogP contribution in [0.2, 0.25) is 5.02 Å². The van der Waals surface area contributed by atoms with Crippen molar-refractivity contribution in [3.05, 3.63) is 64.4 Å². The number of ether oxygens (including phenoxy) is 1. The van der Waals surface area contributed by atoms with E-state index in [-0.39, 0.29) is 18.2 Å². The first-order valence-corrected chi connectivity index (χ1v) is 8.61. The van der Waals surface area contributed by atoms with Crippen LogP contribution in [0.1, 0.15) is 23.1 Å². The van der Waals surface area contributed by atoms with Crippen LogP contribution >= 0.6 is 22.9 Å². The number of nitrogens with zero attached hydrogens (tertiary/aromatic N) is 2. The van der Waals surface area contributed by atoms with Gasteiger partial charge in [0.1, 0.15) is 12.3 Å². The van der Waals surface area contributed by atoms with Crippen molar-refractivity contribution < 1.29 is 14.3 Å². The van der Waals surface area contributed by atoms with Crippen LogP contribution in [0.3, 0.4) is 0 Å². The third kappa shape index (κ3) is 4.07. The van der Waals surface area contributed by atoms with Gasteiger partial charge in [0.15, 0.2) is 5.13 Å². The van der Waals surface area contributed by atoms with E-state index in [2.05, 4.69) is 9.97 Å². The fourth-order valence-corrected chi connectivity index (χ4v) is 3.21. The average Bonchev–Trinajstić information content (AvgIpc) is 3.23. The molecule has 2 heterocycles. The first-order valence-electron chi connectivity index (χ1n) is 7.36. The Morgan fingerprint density at radius 1 is 1.32 bits per heavy atom. The minimum absolute atomic E-state index is 0.00646. The van der Waals surface area contributed by atoms with E-state index >= 15 is 0 Å². The Labute approximate surface area is 153 Å². The molecular weight excluding hydrogens is 362 g/mol. The summed E-state index contributed by atoms with van der Waals surface area (Å²) < 4.78 is 5.20. The lowest BCUT2D eigenvalue weighted by molar-refractivity contribution is -0.115. The summed E-state index contributed by atoms with van der Waals surface area (Å²) in [5.41, 5.74) is 1.57. The van der Waals surface area contributed by atoms with E-state index in [1.54, 1.807) is 5.38 Å². The van der Waals surface area contributed by atoms with Crippen LogP contribution in [-0.4, -0.2) is 21.8 Å². The van der Waals surface area contributed by atoms with Crippen molar-refractivity contribution in [1.29, 1.82) is 0 Å². The Kier molecular flexibility index (Phi) is 5.16. The average molecular weight is 376 g/mol. The maximum atomic E-state index is 12.0. The molecule has 0 aliphatic rings.